The molecule has 4 rings (SSSR count). The van der Waals surface area contributed by atoms with Gasteiger partial charge in [0.15, 0.2) is 5.60 Å². The van der Waals surface area contributed by atoms with Gasteiger partial charge in [-0.15, -0.1) is 0 Å². The molecule has 5 heteroatoms. The highest BCUT2D eigenvalue weighted by atomic mass is 16.3. The molecule has 0 aliphatic heterocycles. The molecule has 0 unspecified atom stereocenters. The third-order valence-electron chi connectivity index (χ3n) is 5.01. The predicted octanol–water partition coefficient (Wildman–Crippen LogP) is 3.22. The van der Waals surface area contributed by atoms with Crippen molar-refractivity contribution in [2.24, 2.45) is 14.1 Å². The first kappa shape index (κ1) is 17.2. The summed E-state index contributed by atoms with van der Waals surface area (Å²) in [6.45, 7) is 0. The first-order valence-electron chi connectivity index (χ1n) is 8.90. The Labute approximate surface area is 158 Å². The molecular weight excluding hydrogens is 336 g/mol. The monoisotopic (exact) mass is 358 g/mol. The van der Waals surface area contributed by atoms with Crippen LogP contribution in [0, 0.1) is 0 Å². The Bertz CT molecular complexity index is 941. The quantitative estimate of drug-likeness (QED) is 0.596. The Hall–Kier alpha value is -3.18. The molecule has 0 saturated carbocycles. The van der Waals surface area contributed by atoms with Gasteiger partial charge in [0.2, 0.25) is 0 Å². The van der Waals surface area contributed by atoms with Crippen LogP contribution in [0.15, 0.2) is 85.5 Å². The summed E-state index contributed by atoms with van der Waals surface area (Å²) in [6.07, 6.45) is 7.10. The third-order valence-corrected chi connectivity index (χ3v) is 5.01. The molecule has 0 aliphatic rings. The minimum Gasteiger partial charge on any atom is -0.374 e. The number of aromatic nitrogens is 4. The molecule has 0 atom stereocenters. The van der Waals surface area contributed by atoms with E-state index in [-0.39, 0.29) is 5.92 Å². The van der Waals surface area contributed by atoms with Crippen LogP contribution in [-0.4, -0.2) is 24.2 Å². The van der Waals surface area contributed by atoms with E-state index in [4.69, 9.17) is 0 Å². The van der Waals surface area contributed by atoms with E-state index >= 15 is 0 Å². The molecule has 4 aromatic rings. The van der Waals surface area contributed by atoms with Crippen molar-refractivity contribution in [3.8, 4) is 0 Å². The molecule has 27 heavy (non-hydrogen) atoms. The molecule has 0 spiro atoms. The highest BCUT2D eigenvalue weighted by Gasteiger charge is 2.48. The second-order valence-electron chi connectivity index (χ2n) is 6.74. The van der Waals surface area contributed by atoms with Crippen molar-refractivity contribution in [1.82, 2.24) is 19.1 Å². The van der Waals surface area contributed by atoms with Crippen LogP contribution < -0.4 is 0 Å². The van der Waals surface area contributed by atoms with Crippen LogP contribution in [0.5, 0.6) is 0 Å². The van der Waals surface area contributed by atoms with Gasteiger partial charge in [0.25, 0.3) is 0 Å². The summed E-state index contributed by atoms with van der Waals surface area (Å²) in [6, 6.07) is 20.1. The molecule has 0 radical (unpaired) electrons. The van der Waals surface area contributed by atoms with Gasteiger partial charge in [0.1, 0.15) is 11.6 Å². The molecule has 0 bridgehead atoms. The molecule has 5 nitrogen and oxygen atoms in total. The highest BCUT2D eigenvalue weighted by molar-refractivity contribution is 5.41. The molecule has 0 saturated heterocycles. The van der Waals surface area contributed by atoms with Crippen molar-refractivity contribution < 1.29 is 5.11 Å². The zero-order chi connectivity index (χ0) is 18.9. The number of benzene rings is 2. The summed E-state index contributed by atoms with van der Waals surface area (Å²) in [5.74, 6) is 0.728. The van der Waals surface area contributed by atoms with E-state index in [1.54, 1.807) is 12.4 Å². The minimum atomic E-state index is -1.45. The van der Waals surface area contributed by atoms with Gasteiger partial charge in [0, 0.05) is 38.9 Å². The smallest absolute Gasteiger partial charge is 0.191 e. The summed E-state index contributed by atoms with van der Waals surface area (Å²) >= 11 is 0. The van der Waals surface area contributed by atoms with Crippen LogP contribution in [0.2, 0.25) is 0 Å². The first-order chi connectivity index (χ1) is 13.1. The number of hydrogen-bond donors (Lipinski definition) is 1. The van der Waals surface area contributed by atoms with Crippen LogP contribution in [0.25, 0.3) is 0 Å². The number of rotatable bonds is 5. The van der Waals surface area contributed by atoms with E-state index in [0.29, 0.717) is 11.6 Å². The number of nitrogens with zero attached hydrogens (tertiary/aromatic N) is 4. The van der Waals surface area contributed by atoms with Crippen molar-refractivity contribution >= 4 is 0 Å². The highest BCUT2D eigenvalue weighted by Crippen LogP contribution is 2.44. The maximum Gasteiger partial charge on any atom is 0.191 e. The van der Waals surface area contributed by atoms with Crippen LogP contribution in [0.1, 0.15) is 28.7 Å². The molecule has 0 fully saturated rings. The zero-order valence-corrected chi connectivity index (χ0v) is 15.4. The molecule has 2 heterocycles. The Morgan fingerprint density at radius 2 is 1.15 bits per heavy atom. The third kappa shape index (κ3) is 2.86. The number of hydrogen-bond acceptors (Lipinski definition) is 3. The lowest BCUT2D eigenvalue weighted by molar-refractivity contribution is 0.0387. The lowest BCUT2D eigenvalue weighted by Gasteiger charge is -2.36. The molecular formula is C22H22N4O. The Balaban J connectivity index is 2.04. The maximum absolute atomic E-state index is 12.3. The van der Waals surface area contributed by atoms with E-state index < -0.39 is 5.60 Å². The van der Waals surface area contributed by atoms with Crippen molar-refractivity contribution in [2.75, 3.05) is 0 Å². The second kappa shape index (κ2) is 6.85. The molecule has 0 aliphatic carbocycles. The molecule has 1 N–H and O–H groups in total. The minimum absolute atomic E-state index is 0.373. The molecule has 136 valence electrons. The average molecular weight is 358 g/mol. The van der Waals surface area contributed by atoms with Crippen LogP contribution in [-0.2, 0) is 19.7 Å². The fourth-order valence-corrected chi connectivity index (χ4v) is 3.79. The topological polar surface area (TPSA) is 55.9 Å². The predicted molar refractivity (Wildman–Crippen MR) is 104 cm³/mol. The zero-order valence-electron chi connectivity index (χ0n) is 15.4. The number of aryl methyl sites for hydroxylation is 2. The molecule has 2 aromatic heterocycles. The Kier molecular flexibility index (Phi) is 4.38. The Morgan fingerprint density at radius 3 is 1.48 bits per heavy atom. The summed E-state index contributed by atoms with van der Waals surface area (Å²) in [4.78, 5) is 9.03. The maximum atomic E-state index is 12.3. The standard InChI is InChI=1S/C22H22N4O/c1-25-15-13-23-20(25)22(27,21-24-14-16-26(21)2)19(17-9-5-3-6-10-17)18-11-7-4-8-12-18/h3-16,19,27H,1-2H3. The Morgan fingerprint density at radius 1 is 0.741 bits per heavy atom. The van der Waals surface area contributed by atoms with E-state index in [2.05, 4.69) is 9.97 Å². The van der Waals surface area contributed by atoms with Gasteiger partial charge in [-0.1, -0.05) is 60.7 Å². The largest absolute Gasteiger partial charge is 0.374 e. The van der Waals surface area contributed by atoms with E-state index in [1.165, 1.54) is 0 Å². The average Bonchev–Trinajstić information content (AvgIpc) is 3.32. The van der Waals surface area contributed by atoms with Crippen molar-refractivity contribution in [2.45, 2.75) is 11.5 Å². The van der Waals surface area contributed by atoms with Crippen LogP contribution in [0.4, 0.5) is 0 Å². The van der Waals surface area contributed by atoms with Gasteiger partial charge in [0.05, 0.1) is 5.92 Å². The van der Waals surface area contributed by atoms with Crippen LogP contribution in [0.3, 0.4) is 0 Å². The lowest BCUT2D eigenvalue weighted by Crippen LogP contribution is -2.40. The molecule has 0 amide bonds. The van der Waals surface area contributed by atoms with Gasteiger partial charge in [-0.25, -0.2) is 9.97 Å². The number of aliphatic hydroxyl groups is 1. The van der Waals surface area contributed by atoms with Gasteiger partial charge >= 0.3 is 0 Å². The van der Waals surface area contributed by atoms with E-state index in [1.807, 2.05) is 96.3 Å². The second-order valence-corrected chi connectivity index (χ2v) is 6.74. The summed E-state index contributed by atoms with van der Waals surface area (Å²) in [7, 11) is 3.78. The van der Waals surface area contributed by atoms with E-state index in [0.717, 1.165) is 11.1 Å². The lowest BCUT2D eigenvalue weighted by atomic mass is 9.76. The molecule has 2 aromatic carbocycles. The van der Waals surface area contributed by atoms with Gasteiger partial charge < -0.3 is 14.2 Å². The fourth-order valence-electron chi connectivity index (χ4n) is 3.79. The van der Waals surface area contributed by atoms with Crippen LogP contribution >= 0.6 is 0 Å². The van der Waals surface area contributed by atoms with Crippen molar-refractivity contribution in [3.05, 3.63) is 108 Å². The summed E-state index contributed by atoms with van der Waals surface area (Å²) < 4.78 is 3.71. The first-order valence-corrected chi connectivity index (χ1v) is 8.90. The van der Waals surface area contributed by atoms with Crippen molar-refractivity contribution in [3.63, 3.8) is 0 Å². The summed E-state index contributed by atoms with van der Waals surface area (Å²) in [5.41, 5.74) is 0.550. The fraction of sp³-hybridized carbons (Fsp3) is 0.182. The summed E-state index contributed by atoms with van der Waals surface area (Å²) in [5, 5.41) is 12.3. The van der Waals surface area contributed by atoms with Gasteiger partial charge in [-0.2, -0.15) is 0 Å². The van der Waals surface area contributed by atoms with Crippen molar-refractivity contribution in [1.29, 1.82) is 0 Å². The SMILES string of the molecule is Cn1ccnc1C(O)(c1nccn1C)C(c1ccccc1)c1ccccc1. The van der Waals surface area contributed by atoms with E-state index in [9.17, 15) is 5.11 Å². The van der Waals surface area contributed by atoms with Gasteiger partial charge in [-0.3, -0.25) is 0 Å². The number of imidazole rings is 2. The van der Waals surface area contributed by atoms with Gasteiger partial charge in [-0.05, 0) is 11.1 Å². The normalized spacial score (nSPS) is 11.9.